The molecule has 2 heterocycles. The molecule has 1 fully saturated rings. The highest BCUT2D eigenvalue weighted by Crippen LogP contribution is 2.43. The molecule has 1 N–H and O–H groups in total. The lowest BCUT2D eigenvalue weighted by atomic mass is 9.84. The first-order valence-corrected chi connectivity index (χ1v) is 14.8. The van der Waals surface area contributed by atoms with Gasteiger partial charge in [0.05, 0.1) is 57.7 Å². The lowest BCUT2D eigenvalue weighted by Gasteiger charge is -2.30. The topological polar surface area (TPSA) is 125 Å². The number of halogens is 1. The fourth-order valence-electron chi connectivity index (χ4n) is 5.67. The number of nitrogens with one attached hydrogen (secondary N) is 1. The van der Waals surface area contributed by atoms with Crippen LogP contribution < -0.4 is 19.1 Å². The molecular formula is C33H41FN4O6. The number of fused-ring (bicyclic) bond motifs is 1. The fraction of sp³-hybridized carbons (Fsp3) is 0.515. The predicted octanol–water partition coefficient (Wildman–Crippen LogP) is 5.24. The number of hydrogen-bond acceptors (Lipinski definition) is 9. The van der Waals surface area contributed by atoms with E-state index in [4.69, 9.17) is 24.4 Å². The Morgan fingerprint density at radius 3 is 2.48 bits per heavy atom. The normalized spacial score (nSPS) is 16.0. The van der Waals surface area contributed by atoms with E-state index < -0.39 is 11.2 Å². The maximum absolute atomic E-state index is 15.3. The van der Waals surface area contributed by atoms with Crippen LogP contribution in [0.15, 0.2) is 18.2 Å². The molecule has 0 bridgehead atoms. The summed E-state index contributed by atoms with van der Waals surface area (Å²) >= 11 is 0. The van der Waals surface area contributed by atoms with Gasteiger partial charge in [-0.15, -0.1) is 0 Å². The summed E-state index contributed by atoms with van der Waals surface area (Å²) in [4.78, 5) is 29.0. The van der Waals surface area contributed by atoms with Gasteiger partial charge in [-0.25, -0.2) is 4.39 Å². The van der Waals surface area contributed by atoms with Gasteiger partial charge in [0.1, 0.15) is 11.6 Å². The second-order valence-electron chi connectivity index (χ2n) is 12.2. The number of esters is 1. The number of nitrogens with zero attached hydrogens (tertiary/aromatic N) is 3. The minimum atomic E-state index is -0.687. The first kappa shape index (κ1) is 32.6. The molecule has 0 radical (unpaired) electrons. The number of Topliss-reactive ketones (excluding diaryl/α,β-unsaturated/α-hetero) is 1. The number of carbonyl (C=O) groups is 2. The van der Waals surface area contributed by atoms with Crippen LogP contribution in [0.3, 0.4) is 0 Å². The van der Waals surface area contributed by atoms with Gasteiger partial charge in [-0.05, 0) is 48.4 Å². The van der Waals surface area contributed by atoms with Gasteiger partial charge in [0.2, 0.25) is 0 Å². The van der Waals surface area contributed by atoms with E-state index >= 15 is 4.39 Å². The second kappa shape index (κ2) is 13.5. The van der Waals surface area contributed by atoms with E-state index in [0.717, 1.165) is 11.3 Å². The number of ether oxygens (including phenoxy) is 4. The first-order chi connectivity index (χ1) is 20.9. The highest BCUT2D eigenvalue weighted by Gasteiger charge is 2.34. The Labute approximate surface area is 258 Å². The minimum absolute atomic E-state index is 0.0780. The molecular weight excluding hydrogens is 567 g/mol. The molecule has 0 aliphatic carbocycles. The lowest BCUT2D eigenvalue weighted by molar-refractivity contribution is -0.140. The number of anilines is 1. The van der Waals surface area contributed by atoms with Crippen molar-refractivity contribution in [3.63, 3.8) is 0 Å². The van der Waals surface area contributed by atoms with Crippen LogP contribution in [0.1, 0.15) is 73.5 Å². The van der Waals surface area contributed by atoms with Crippen molar-refractivity contribution in [1.82, 2.24) is 4.90 Å². The molecule has 44 heavy (non-hydrogen) atoms. The minimum Gasteiger partial charge on any atom is -0.493 e. The molecule has 10 nitrogen and oxygen atoms in total. The van der Waals surface area contributed by atoms with Gasteiger partial charge in [0, 0.05) is 37.2 Å². The van der Waals surface area contributed by atoms with Crippen molar-refractivity contribution in [2.45, 2.75) is 58.4 Å². The standard InChI is InChI=1S/C33H41FN4O6/c1-33(2,3)23-13-21(25(39)19-38-18-22-15-26(41-4)31(43-6)29(34)28(22)32(38)36)14-24(37-11-10-20(16-35)17-37)30(23)44-12-8-7-9-27(40)42-5/h13-15,20,36H,7-12,17-19H2,1-6H3. The number of nitriles is 1. The SMILES string of the molecule is COC(=O)CCCCOc1c(N2CCC(C#N)C2)cc(C(=O)CN2Cc3cc(OC)c(OC)c(F)c3C2=N)cc1C(C)(C)C. The van der Waals surface area contributed by atoms with Crippen molar-refractivity contribution in [2.24, 2.45) is 5.92 Å². The van der Waals surface area contributed by atoms with Gasteiger partial charge in [0.25, 0.3) is 0 Å². The van der Waals surface area contributed by atoms with Crippen LogP contribution in [0, 0.1) is 28.5 Å². The molecule has 2 aromatic rings. The summed E-state index contributed by atoms with van der Waals surface area (Å²) in [5.41, 5.74) is 2.28. The van der Waals surface area contributed by atoms with Crippen molar-refractivity contribution in [3.8, 4) is 23.3 Å². The molecule has 1 unspecified atom stereocenters. The number of amidine groups is 1. The van der Waals surface area contributed by atoms with E-state index in [1.165, 1.54) is 21.3 Å². The Morgan fingerprint density at radius 1 is 1.11 bits per heavy atom. The Morgan fingerprint density at radius 2 is 1.86 bits per heavy atom. The van der Waals surface area contributed by atoms with Crippen molar-refractivity contribution in [3.05, 3.63) is 46.3 Å². The third-order valence-corrected chi connectivity index (χ3v) is 8.10. The number of hydrogen-bond donors (Lipinski definition) is 1. The van der Waals surface area contributed by atoms with E-state index in [1.54, 1.807) is 17.0 Å². The summed E-state index contributed by atoms with van der Waals surface area (Å²) in [6, 6.07) is 7.64. The van der Waals surface area contributed by atoms with Gasteiger partial charge in [-0.2, -0.15) is 5.26 Å². The quantitative estimate of drug-likeness (QED) is 0.196. The molecule has 2 aliphatic heterocycles. The van der Waals surface area contributed by atoms with Gasteiger partial charge >= 0.3 is 5.97 Å². The Kier molecular flexibility index (Phi) is 10.0. The van der Waals surface area contributed by atoms with Crippen LogP contribution in [0.25, 0.3) is 0 Å². The van der Waals surface area contributed by atoms with Crippen molar-refractivity contribution >= 4 is 23.3 Å². The van der Waals surface area contributed by atoms with Crippen molar-refractivity contribution in [1.29, 1.82) is 10.7 Å². The summed E-state index contributed by atoms with van der Waals surface area (Å²) in [5, 5.41) is 18.2. The zero-order chi connectivity index (χ0) is 32.2. The molecule has 0 aromatic heterocycles. The fourth-order valence-corrected chi connectivity index (χ4v) is 5.67. The number of methoxy groups -OCH3 is 3. The average Bonchev–Trinajstić information content (AvgIpc) is 3.60. The van der Waals surface area contributed by atoms with Crippen molar-refractivity contribution in [2.75, 3.05) is 52.5 Å². The summed E-state index contributed by atoms with van der Waals surface area (Å²) in [6.07, 6.45) is 2.27. The zero-order valence-electron chi connectivity index (χ0n) is 26.3. The number of rotatable bonds is 12. The van der Waals surface area contributed by atoms with Crippen LogP contribution in [0.2, 0.25) is 0 Å². The van der Waals surface area contributed by atoms with Crippen LogP contribution >= 0.6 is 0 Å². The Hall–Kier alpha value is -4.33. The van der Waals surface area contributed by atoms with Gasteiger partial charge in [-0.1, -0.05) is 20.8 Å². The van der Waals surface area contributed by atoms with Gasteiger partial charge in [0.15, 0.2) is 23.1 Å². The summed E-state index contributed by atoms with van der Waals surface area (Å²) in [7, 11) is 4.13. The Balaban J connectivity index is 1.64. The largest absolute Gasteiger partial charge is 0.493 e. The molecule has 1 saturated heterocycles. The summed E-state index contributed by atoms with van der Waals surface area (Å²) in [5.74, 6) is -0.592. The number of ketones is 1. The van der Waals surface area contributed by atoms with Crippen LogP contribution in [0.4, 0.5) is 10.1 Å². The van der Waals surface area contributed by atoms with Crippen LogP contribution in [-0.2, 0) is 21.5 Å². The highest BCUT2D eigenvalue weighted by atomic mass is 19.1. The van der Waals surface area contributed by atoms with E-state index in [9.17, 15) is 14.9 Å². The lowest BCUT2D eigenvalue weighted by Crippen LogP contribution is -2.31. The maximum atomic E-state index is 15.3. The summed E-state index contributed by atoms with van der Waals surface area (Å²) in [6.45, 7) is 7.72. The third-order valence-electron chi connectivity index (χ3n) is 8.10. The smallest absolute Gasteiger partial charge is 0.305 e. The monoisotopic (exact) mass is 608 g/mol. The van der Waals surface area contributed by atoms with E-state index in [-0.39, 0.29) is 53.7 Å². The molecule has 2 aromatic carbocycles. The summed E-state index contributed by atoms with van der Waals surface area (Å²) < 4.78 is 36.9. The Bertz CT molecular complexity index is 1480. The number of benzene rings is 2. The number of carbonyl (C=O) groups excluding carboxylic acids is 2. The maximum Gasteiger partial charge on any atom is 0.305 e. The van der Waals surface area contributed by atoms with Gasteiger partial charge in [-0.3, -0.25) is 15.0 Å². The highest BCUT2D eigenvalue weighted by molar-refractivity contribution is 6.06. The average molecular weight is 609 g/mol. The molecule has 1 atom stereocenters. The molecule has 2 aliphatic rings. The first-order valence-electron chi connectivity index (χ1n) is 14.8. The van der Waals surface area contributed by atoms with E-state index in [1.807, 2.05) is 26.8 Å². The molecule has 0 saturated carbocycles. The molecule has 236 valence electrons. The molecule has 0 spiro atoms. The van der Waals surface area contributed by atoms with E-state index in [0.29, 0.717) is 62.3 Å². The second-order valence-corrected chi connectivity index (χ2v) is 12.2. The molecule has 4 rings (SSSR count). The predicted molar refractivity (Wildman–Crippen MR) is 164 cm³/mol. The molecule has 11 heteroatoms. The van der Waals surface area contributed by atoms with Crippen LogP contribution in [0.5, 0.6) is 17.2 Å². The number of unbranched alkanes of at least 4 members (excludes halogenated alkanes) is 1. The third kappa shape index (κ3) is 6.74. The van der Waals surface area contributed by atoms with Crippen molar-refractivity contribution < 1.29 is 32.9 Å². The van der Waals surface area contributed by atoms with E-state index in [2.05, 4.69) is 11.0 Å². The van der Waals surface area contributed by atoms with Crippen LogP contribution in [-0.4, -0.2) is 70.1 Å². The van der Waals surface area contributed by atoms with Gasteiger partial charge < -0.3 is 28.7 Å². The zero-order valence-corrected chi connectivity index (χ0v) is 26.3. The molecule has 0 amide bonds.